The predicted octanol–water partition coefficient (Wildman–Crippen LogP) is 3.94. The molecule has 106 valence electrons. The van der Waals surface area contributed by atoms with Gasteiger partial charge in [0.25, 0.3) is 0 Å². The van der Waals surface area contributed by atoms with Gasteiger partial charge in [-0.15, -0.1) is 11.6 Å². The fourth-order valence-electron chi connectivity index (χ4n) is 2.75. The molecule has 0 saturated heterocycles. The first-order chi connectivity index (χ1) is 9.27. The van der Waals surface area contributed by atoms with Crippen molar-refractivity contribution in [1.29, 1.82) is 0 Å². The van der Waals surface area contributed by atoms with Crippen LogP contribution in [0.25, 0.3) is 0 Å². The Bertz CT molecular complexity index is 357. The molecule has 1 aliphatic carbocycles. The lowest BCUT2D eigenvalue weighted by Crippen LogP contribution is -2.41. The van der Waals surface area contributed by atoms with Crippen LogP contribution < -0.4 is 4.74 Å². The molecule has 0 amide bonds. The molecule has 3 heteroatoms. The largest absolute Gasteiger partial charge is 0.494 e. The van der Waals surface area contributed by atoms with E-state index in [1.54, 1.807) is 0 Å². The van der Waals surface area contributed by atoms with Crippen LogP contribution >= 0.6 is 11.6 Å². The molecule has 1 saturated carbocycles. The number of rotatable bonds is 6. The average Bonchev–Trinajstić information content (AvgIpc) is 2.45. The van der Waals surface area contributed by atoms with Gasteiger partial charge in [0, 0.05) is 18.0 Å². The third-order valence-electron chi connectivity index (χ3n) is 3.88. The van der Waals surface area contributed by atoms with Gasteiger partial charge in [0.1, 0.15) is 5.75 Å². The van der Waals surface area contributed by atoms with E-state index in [1.807, 2.05) is 30.3 Å². The van der Waals surface area contributed by atoms with Crippen molar-refractivity contribution in [1.82, 2.24) is 4.90 Å². The van der Waals surface area contributed by atoms with Gasteiger partial charge in [-0.2, -0.15) is 0 Å². The van der Waals surface area contributed by atoms with E-state index in [0.29, 0.717) is 11.4 Å². The zero-order valence-electron chi connectivity index (χ0n) is 11.7. The lowest BCUT2D eigenvalue weighted by molar-refractivity contribution is 0.180. The molecule has 0 heterocycles. The number of ether oxygens (including phenoxy) is 1. The van der Waals surface area contributed by atoms with Gasteiger partial charge in [0.15, 0.2) is 0 Å². The smallest absolute Gasteiger partial charge is 0.119 e. The molecule has 0 radical (unpaired) electrons. The van der Waals surface area contributed by atoms with E-state index in [4.69, 9.17) is 16.3 Å². The third kappa shape index (κ3) is 4.70. The van der Waals surface area contributed by atoms with Gasteiger partial charge in [-0.1, -0.05) is 31.0 Å². The second-order valence-corrected chi connectivity index (χ2v) is 5.92. The van der Waals surface area contributed by atoms with Gasteiger partial charge in [0.2, 0.25) is 0 Å². The van der Waals surface area contributed by atoms with Crippen molar-refractivity contribution < 1.29 is 4.74 Å². The molecule has 1 aromatic rings. The number of hydrogen-bond acceptors (Lipinski definition) is 2. The molecule has 0 aliphatic heterocycles. The molecular formula is C16H24ClNO. The van der Waals surface area contributed by atoms with E-state index in [-0.39, 0.29) is 0 Å². The van der Waals surface area contributed by atoms with Crippen LogP contribution in [0.5, 0.6) is 5.75 Å². The molecule has 2 atom stereocenters. The summed E-state index contributed by atoms with van der Waals surface area (Å²) >= 11 is 6.41. The number of halogens is 1. The SMILES string of the molecule is CN(CCCOc1ccccc1)C1CCCCC1Cl. The Morgan fingerprint density at radius 2 is 1.95 bits per heavy atom. The predicted molar refractivity (Wildman–Crippen MR) is 81.1 cm³/mol. The summed E-state index contributed by atoms with van der Waals surface area (Å²) < 4.78 is 5.71. The van der Waals surface area contributed by atoms with Crippen molar-refractivity contribution in [3.8, 4) is 5.75 Å². The maximum atomic E-state index is 6.41. The third-order valence-corrected chi connectivity index (χ3v) is 4.39. The lowest BCUT2D eigenvalue weighted by Gasteiger charge is -2.34. The molecule has 1 aliphatic rings. The van der Waals surface area contributed by atoms with Crippen molar-refractivity contribution >= 4 is 11.6 Å². The Kier molecular flexibility index (Phi) is 5.99. The minimum absolute atomic E-state index is 0.328. The summed E-state index contributed by atoms with van der Waals surface area (Å²) in [4.78, 5) is 2.41. The highest BCUT2D eigenvalue weighted by atomic mass is 35.5. The molecule has 0 spiro atoms. The summed E-state index contributed by atoms with van der Waals surface area (Å²) in [5.41, 5.74) is 0. The van der Waals surface area contributed by atoms with E-state index in [0.717, 1.165) is 31.7 Å². The van der Waals surface area contributed by atoms with Gasteiger partial charge in [0.05, 0.1) is 6.61 Å². The average molecular weight is 282 g/mol. The Labute approximate surface area is 121 Å². The van der Waals surface area contributed by atoms with E-state index in [1.165, 1.54) is 19.3 Å². The van der Waals surface area contributed by atoms with Crippen molar-refractivity contribution in [3.05, 3.63) is 30.3 Å². The number of para-hydroxylation sites is 1. The molecule has 2 unspecified atom stereocenters. The summed E-state index contributed by atoms with van der Waals surface area (Å²) in [5.74, 6) is 0.957. The van der Waals surface area contributed by atoms with E-state index < -0.39 is 0 Å². The molecule has 0 bridgehead atoms. The molecule has 1 fully saturated rings. The maximum absolute atomic E-state index is 6.41. The fourth-order valence-corrected chi connectivity index (χ4v) is 3.22. The molecule has 0 N–H and O–H groups in total. The fraction of sp³-hybridized carbons (Fsp3) is 0.625. The summed E-state index contributed by atoms with van der Waals surface area (Å²) in [6, 6.07) is 10.6. The zero-order chi connectivity index (χ0) is 13.5. The van der Waals surface area contributed by atoms with Crippen LogP contribution in [0.3, 0.4) is 0 Å². The Morgan fingerprint density at radius 3 is 2.68 bits per heavy atom. The molecule has 1 aromatic carbocycles. The quantitative estimate of drug-likeness (QED) is 0.578. The summed E-state index contributed by atoms with van der Waals surface area (Å²) in [7, 11) is 2.19. The van der Waals surface area contributed by atoms with Gasteiger partial charge in [-0.05, 0) is 38.4 Å². The van der Waals surface area contributed by atoms with Crippen molar-refractivity contribution in [2.45, 2.75) is 43.5 Å². The van der Waals surface area contributed by atoms with Crippen LogP contribution in [0.1, 0.15) is 32.1 Å². The summed E-state index contributed by atoms with van der Waals surface area (Å²) in [5, 5.41) is 0.328. The van der Waals surface area contributed by atoms with Gasteiger partial charge < -0.3 is 9.64 Å². The van der Waals surface area contributed by atoms with Crippen molar-refractivity contribution in [2.24, 2.45) is 0 Å². The second-order valence-electron chi connectivity index (χ2n) is 5.36. The van der Waals surface area contributed by atoms with Crippen molar-refractivity contribution in [3.63, 3.8) is 0 Å². The van der Waals surface area contributed by atoms with Crippen LogP contribution in [0.15, 0.2) is 30.3 Å². The highest BCUT2D eigenvalue weighted by molar-refractivity contribution is 6.21. The van der Waals surface area contributed by atoms with E-state index >= 15 is 0 Å². The van der Waals surface area contributed by atoms with E-state index in [2.05, 4.69) is 11.9 Å². The maximum Gasteiger partial charge on any atom is 0.119 e. The number of benzene rings is 1. The molecule has 2 nitrogen and oxygen atoms in total. The minimum atomic E-state index is 0.328. The second kappa shape index (κ2) is 7.76. The molecule has 0 aromatic heterocycles. The molecule has 2 rings (SSSR count). The van der Waals surface area contributed by atoms with Gasteiger partial charge >= 0.3 is 0 Å². The number of alkyl halides is 1. The normalized spacial score (nSPS) is 23.5. The van der Waals surface area contributed by atoms with E-state index in [9.17, 15) is 0 Å². The highest BCUT2D eigenvalue weighted by Crippen LogP contribution is 2.26. The van der Waals surface area contributed by atoms with Gasteiger partial charge in [-0.25, -0.2) is 0 Å². The lowest BCUT2D eigenvalue weighted by atomic mass is 9.94. The first-order valence-electron chi connectivity index (χ1n) is 7.29. The van der Waals surface area contributed by atoms with Crippen LogP contribution in [0, 0.1) is 0 Å². The van der Waals surface area contributed by atoms with Crippen LogP contribution in [0.2, 0.25) is 0 Å². The monoisotopic (exact) mass is 281 g/mol. The Morgan fingerprint density at radius 1 is 1.21 bits per heavy atom. The van der Waals surface area contributed by atoms with Crippen LogP contribution in [-0.4, -0.2) is 36.5 Å². The zero-order valence-corrected chi connectivity index (χ0v) is 12.5. The Balaban J connectivity index is 1.65. The summed E-state index contributed by atoms with van der Waals surface area (Å²) in [6.07, 6.45) is 6.06. The van der Waals surface area contributed by atoms with Crippen LogP contribution in [0.4, 0.5) is 0 Å². The van der Waals surface area contributed by atoms with Crippen molar-refractivity contribution in [2.75, 3.05) is 20.2 Å². The standard InChI is InChI=1S/C16H24ClNO/c1-18(16-11-6-5-10-15(16)17)12-7-13-19-14-8-3-2-4-9-14/h2-4,8-9,15-16H,5-7,10-13H2,1H3. The van der Waals surface area contributed by atoms with Crippen LogP contribution in [-0.2, 0) is 0 Å². The first-order valence-corrected chi connectivity index (χ1v) is 7.73. The summed E-state index contributed by atoms with van der Waals surface area (Å²) in [6.45, 7) is 1.83. The van der Waals surface area contributed by atoms with Gasteiger partial charge in [-0.3, -0.25) is 0 Å². The molecule has 19 heavy (non-hydrogen) atoms. The molecular weight excluding hydrogens is 258 g/mol. The Hall–Kier alpha value is -0.730. The highest BCUT2D eigenvalue weighted by Gasteiger charge is 2.26. The first kappa shape index (κ1) is 14.7. The number of hydrogen-bond donors (Lipinski definition) is 0. The minimum Gasteiger partial charge on any atom is -0.494 e. The number of nitrogens with zero attached hydrogens (tertiary/aromatic N) is 1. The topological polar surface area (TPSA) is 12.5 Å².